The monoisotopic (exact) mass is 417 g/mol. The molecule has 0 unspecified atom stereocenters. The van der Waals surface area contributed by atoms with Crippen LogP contribution in [0.4, 0.5) is 17.6 Å². The Morgan fingerprint density at radius 3 is 2.38 bits per heavy atom. The average molecular weight is 417 g/mol. The summed E-state index contributed by atoms with van der Waals surface area (Å²) >= 11 is 0. The minimum Gasteiger partial charge on any atom is -0.383 e. The highest BCUT2D eigenvalue weighted by atomic mass is 15.1. The molecule has 2 heterocycles. The first-order chi connectivity index (χ1) is 15.5. The van der Waals surface area contributed by atoms with E-state index in [9.17, 15) is 0 Å². The Hall–Kier alpha value is -4.75. The molecule has 0 amide bonds. The number of allylic oxidation sites excluding steroid dienone is 1. The van der Waals surface area contributed by atoms with Gasteiger partial charge >= 0.3 is 0 Å². The molecule has 0 aliphatic heterocycles. The quantitative estimate of drug-likeness (QED) is 0.445. The minimum atomic E-state index is 0.328. The highest BCUT2D eigenvalue weighted by molar-refractivity contribution is 6.03. The fourth-order valence-electron chi connectivity index (χ4n) is 3.80. The number of nitrogen functional groups attached to an aromatic ring is 1. The van der Waals surface area contributed by atoms with Crippen LogP contribution in [0, 0.1) is 36.5 Å². The van der Waals surface area contributed by atoms with Crippen LogP contribution in [-0.4, -0.2) is 15.0 Å². The van der Waals surface area contributed by atoms with Crippen molar-refractivity contribution in [2.24, 2.45) is 0 Å². The van der Waals surface area contributed by atoms with Gasteiger partial charge in [-0.3, -0.25) is 0 Å². The Morgan fingerprint density at radius 2 is 1.72 bits per heavy atom. The summed E-state index contributed by atoms with van der Waals surface area (Å²) in [6, 6.07) is 16.0. The normalized spacial score (nSPS) is 10.8. The lowest BCUT2D eigenvalue weighted by molar-refractivity contribution is 1.14. The van der Waals surface area contributed by atoms with Crippen LogP contribution in [0.25, 0.3) is 28.0 Å². The molecule has 2 aromatic heterocycles. The number of aromatic nitrogens is 3. The fourth-order valence-corrected chi connectivity index (χ4v) is 3.80. The Labute approximate surface area is 185 Å². The third-order valence-corrected chi connectivity index (χ3v) is 5.10. The highest BCUT2D eigenvalue weighted by Crippen LogP contribution is 2.36. The molecule has 0 aliphatic carbocycles. The number of anilines is 3. The van der Waals surface area contributed by atoms with Crippen LogP contribution < -0.4 is 11.1 Å². The van der Waals surface area contributed by atoms with E-state index in [-0.39, 0.29) is 0 Å². The lowest BCUT2D eigenvalue weighted by Crippen LogP contribution is -2.02. The largest absolute Gasteiger partial charge is 0.383 e. The topological polar surface area (TPSA) is 124 Å². The second-order valence-electron chi connectivity index (χ2n) is 7.32. The molecule has 0 bridgehead atoms. The van der Waals surface area contributed by atoms with E-state index in [0.29, 0.717) is 23.1 Å². The molecule has 4 aromatic rings. The van der Waals surface area contributed by atoms with Gasteiger partial charge in [0, 0.05) is 11.5 Å². The van der Waals surface area contributed by atoms with Crippen LogP contribution in [0.3, 0.4) is 0 Å². The summed E-state index contributed by atoms with van der Waals surface area (Å²) in [4.78, 5) is 12.7. The number of fused-ring (bicyclic) bond motifs is 1. The first kappa shape index (κ1) is 20.5. The molecule has 0 saturated heterocycles. The molecule has 0 aliphatic rings. The number of rotatable bonds is 4. The van der Waals surface area contributed by atoms with Gasteiger partial charge in [0.25, 0.3) is 0 Å². The maximum Gasteiger partial charge on any atom is 0.228 e. The predicted octanol–water partition coefficient (Wildman–Crippen LogP) is 5.04. The van der Waals surface area contributed by atoms with Crippen molar-refractivity contribution in [3.63, 3.8) is 0 Å². The van der Waals surface area contributed by atoms with Gasteiger partial charge in [0.2, 0.25) is 5.95 Å². The van der Waals surface area contributed by atoms with Crippen molar-refractivity contribution in [2.45, 2.75) is 13.8 Å². The average Bonchev–Trinajstić information content (AvgIpc) is 2.78. The minimum absolute atomic E-state index is 0.328. The van der Waals surface area contributed by atoms with Gasteiger partial charge in [0.1, 0.15) is 17.7 Å². The number of hydrogen-bond acceptors (Lipinski definition) is 7. The van der Waals surface area contributed by atoms with E-state index < -0.39 is 0 Å². The zero-order valence-electron chi connectivity index (χ0n) is 17.6. The number of nitriles is 2. The van der Waals surface area contributed by atoms with E-state index in [4.69, 9.17) is 16.3 Å². The molecule has 0 atom stereocenters. The molecule has 4 rings (SSSR count). The SMILES string of the molecule is Cc1cc(/C=C/C#N)cc(C)c1-c1cccc2c(N)nc(Nc3ncc(C#N)cn3)cc12. The Bertz CT molecular complexity index is 1420. The van der Waals surface area contributed by atoms with Gasteiger partial charge in [-0.25, -0.2) is 15.0 Å². The first-order valence-corrected chi connectivity index (χ1v) is 9.86. The zero-order chi connectivity index (χ0) is 22.7. The maximum atomic E-state index is 8.92. The molecule has 154 valence electrons. The lowest BCUT2D eigenvalue weighted by Gasteiger charge is -2.16. The fraction of sp³-hybridized carbons (Fsp3) is 0.0800. The summed E-state index contributed by atoms with van der Waals surface area (Å²) in [6.45, 7) is 4.11. The standard InChI is InChI=1S/C25H19N7/c1-15-9-17(5-4-8-26)10-16(2)23(15)19-6-3-7-20-21(19)11-22(31-24(20)28)32-25-29-13-18(12-27)14-30-25/h3-7,9-11,13-14H,1-2H3,(H3,28,29,30,31,32)/b5-4+. The molecule has 0 fully saturated rings. The highest BCUT2D eigenvalue weighted by Gasteiger charge is 2.14. The van der Waals surface area contributed by atoms with Crippen molar-refractivity contribution in [2.75, 3.05) is 11.1 Å². The van der Waals surface area contributed by atoms with Crippen molar-refractivity contribution in [3.8, 4) is 23.3 Å². The zero-order valence-corrected chi connectivity index (χ0v) is 17.6. The van der Waals surface area contributed by atoms with E-state index in [2.05, 4.69) is 52.3 Å². The van der Waals surface area contributed by atoms with Crippen molar-refractivity contribution in [1.29, 1.82) is 10.5 Å². The number of nitrogens with two attached hydrogens (primary N) is 1. The number of pyridine rings is 1. The van der Waals surface area contributed by atoms with Crippen LogP contribution >= 0.6 is 0 Å². The molecule has 7 nitrogen and oxygen atoms in total. The first-order valence-electron chi connectivity index (χ1n) is 9.86. The molecule has 0 saturated carbocycles. The summed E-state index contributed by atoms with van der Waals surface area (Å²) in [5.41, 5.74) is 12.0. The van der Waals surface area contributed by atoms with Crippen LogP contribution in [0.1, 0.15) is 22.3 Å². The van der Waals surface area contributed by atoms with Crippen molar-refractivity contribution < 1.29 is 0 Å². The van der Waals surface area contributed by atoms with Crippen molar-refractivity contribution in [3.05, 3.63) is 77.1 Å². The second-order valence-corrected chi connectivity index (χ2v) is 7.32. The van der Waals surface area contributed by atoms with E-state index >= 15 is 0 Å². The summed E-state index contributed by atoms with van der Waals surface area (Å²) < 4.78 is 0. The van der Waals surface area contributed by atoms with Gasteiger partial charge in [-0.05, 0) is 59.2 Å². The number of aryl methyl sites for hydroxylation is 2. The Kier molecular flexibility index (Phi) is 5.48. The summed E-state index contributed by atoms with van der Waals surface area (Å²) in [7, 11) is 0. The van der Waals surface area contributed by atoms with E-state index in [1.807, 2.05) is 30.3 Å². The molecule has 7 heteroatoms. The Balaban J connectivity index is 1.83. The number of nitrogens with one attached hydrogen (secondary N) is 1. The molecule has 3 N–H and O–H groups in total. The Morgan fingerprint density at radius 1 is 1.00 bits per heavy atom. The summed E-state index contributed by atoms with van der Waals surface area (Å²) in [6.07, 6.45) is 6.16. The van der Waals surface area contributed by atoms with Gasteiger partial charge in [0.15, 0.2) is 0 Å². The van der Waals surface area contributed by atoms with Crippen LogP contribution in [0.2, 0.25) is 0 Å². The van der Waals surface area contributed by atoms with Gasteiger partial charge < -0.3 is 11.1 Å². The summed E-state index contributed by atoms with van der Waals surface area (Å²) in [5.74, 6) is 1.23. The molecule has 0 radical (unpaired) electrons. The molecule has 2 aromatic carbocycles. The van der Waals surface area contributed by atoms with Gasteiger partial charge in [-0.2, -0.15) is 10.5 Å². The van der Waals surface area contributed by atoms with Gasteiger partial charge in [-0.15, -0.1) is 0 Å². The summed E-state index contributed by atoms with van der Waals surface area (Å²) in [5, 5.41) is 22.6. The number of benzene rings is 2. The molecule has 32 heavy (non-hydrogen) atoms. The number of nitrogens with zero attached hydrogens (tertiary/aromatic N) is 5. The third kappa shape index (κ3) is 3.96. The van der Waals surface area contributed by atoms with Crippen LogP contribution in [0.15, 0.2) is 54.9 Å². The van der Waals surface area contributed by atoms with E-state index in [1.165, 1.54) is 18.5 Å². The van der Waals surface area contributed by atoms with E-state index in [1.54, 1.807) is 6.08 Å². The smallest absolute Gasteiger partial charge is 0.228 e. The number of hydrogen-bond donors (Lipinski definition) is 2. The molecule has 0 spiro atoms. The molecular weight excluding hydrogens is 398 g/mol. The molecular formula is C25H19N7. The predicted molar refractivity (Wildman–Crippen MR) is 126 cm³/mol. The van der Waals surface area contributed by atoms with Crippen molar-refractivity contribution >= 4 is 34.4 Å². The van der Waals surface area contributed by atoms with Crippen LogP contribution in [-0.2, 0) is 0 Å². The lowest BCUT2D eigenvalue weighted by atomic mass is 9.90. The maximum absolute atomic E-state index is 8.92. The third-order valence-electron chi connectivity index (χ3n) is 5.10. The van der Waals surface area contributed by atoms with Crippen molar-refractivity contribution in [1.82, 2.24) is 15.0 Å². The van der Waals surface area contributed by atoms with Gasteiger partial charge in [-0.1, -0.05) is 30.3 Å². The van der Waals surface area contributed by atoms with Gasteiger partial charge in [0.05, 0.1) is 24.0 Å². The second kappa shape index (κ2) is 8.55. The van der Waals surface area contributed by atoms with Crippen LogP contribution in [0.5, 0.6) is 0 Å². The van der Waals surface area contributed by atoms with E-state index in [0.717, 1.165) is 38.6 Å².